The molecule has 0 aliphatic carbocycles. The highest BCUT2D eigenvalue weighted by atomic mass is 15.1. The molecule has 0 aliphatic heterocycles. The lowest BCUT2D eigenvalue weighted by Gasteiger charge is -2.28. The second-order valence-corrected chi connectivity index (χ2v) is 5.10. The highest BCUT2D eigenvalue weighted by Crippen LogP contribution is 2.12. The van der Waals surface area contributed by atoms with Gasteiger partial charge >= 0.3 is 0 Å². The van der Waals surface area contributed by atoms with Crippen LogP contribution in [0.15, 0.2) is 0 Å². The highest BCUT2D eigenvalue weighted by Gasteiger charge is 2.13. The Morgan fingerprint density at radius 2 is 1.71 bits per heavy atom. The molecule has 0 rings (SSSR count). The van der Waals surface area contributed by atoms with Crippen molar-refractivity contribution >= 4 is 0 Å². The fraction of sp³-hybridized carbons (Fsp3) is 1.00. The van der Waals surface area contributed by atoms with Gasteiger partial charge in [-0.2, -0.15) is 0 Å². The Balaban J connectivity index is 3.76. The largest absolute Gasteiger partial charge is 0.330 e. The molecule has 0 heterocycles. The van der Waals surface area contributed by atoms with Gasteiger partial charge in [0.15, 0.2) is 0 Å². The monoisotopic (exact) mass is 200 g/mol. The number of nitrogens with two attached hydrogens (primary N) is 1. The average Bonchev–Trinajstić information content (AvgIpc) is 2.02. The molecule has 2 unspecified atom stereocenters. The van der Waals surface area contributed by atoms with Crippen molar-refractivity contribution in [2.24, 2.45) is 17.6 Å². The van der Waals surface area contributed by atoms with Crippen molar-refractivity contribution in [3.63, 3.8) is 0 Å². The minimum Gasteiger partial charge on any atom is -0.330 e. The first-order valence-electron chi connectivity index (χ1n) is 5.87. The van der Waals surface area contributed by atoms with E-state index in [0.29, 0.717) is 6.04 Å². The molecular weight excluding hydrogens is 172 g/mol. The van der Waals surface area contributed by atoms with E-state index in [-0.39, 0.29) is 0 Å². The summed E-state index contributed by atoms with van der Waals surface area (Å²) in [7, 11) is 2.22. The van der Waals surface area contributed by atoms with Crippen LogP contribution in [0.4, 0.5) is 0 Å². The molecule has 0 aromatic carbocycles. The summed E-state index contributed by atoms with van der Waals surface area (Å²) in [6, 6.07) is 0.690. The van der Waals surface area contributed by atoms with E-state index in [1.165, 1.54) is 13.0 Å². The zero-order valence-electron chi connectivity index (χ0n) is 10.6. The predicted molar refractivity (Wildman–Crippen MR) is 64.4 cm³/mol. The quantitative estimate of drug-likeness (QED) is 0.683. The van der Waals surface area contributed by atoms with E-state index in [2.05, 4.69) is 39.6 Å². The molecule has 0 aromatic rings. The standard InChI is InChI=1S/C12H28N2/c1-10(2)8-12(4)14(5)9-11(3)6-7-13/h10-12H,6-9,13H2,1-5H3. The van der Waals surface area contributed by atoms with E-state index in [1.807, 2.05) is 0 Å². The Bertz CT molecular complexity index is 134. The van der Waals surface area contributed by atoms with Gasteiger partial charge in [0, 0.05) is 12.6 Å². The summed E-state index contributed by atoms with van der Waals surface area (Å²) in [5.74, 6) is 1.51. The Morgan fingerprint density at radius 1 is 1.14 bits per heavy atom. The van der Waals surface area contributed by atoms with Crippen LogP contribution in [0.3, 0.4) is 0 Å². The first-order chi connectivity index (χ1) is 6.47. The van der Waals surface area contributed by atoms with E-state index in [4.69, 9.17) is 5.73 Å². The Morgan fingerprint density at radius 3 is 2.14 bits per heavy atom. The lowest BCUT2D eigenvalue weighted by molar-refractivity contribution is 0.198. The second-order valence-electron chi connectivity index (χ2n) is 5.10. The smallest absolute Gasteiger partial charge is 0.00664 e. The van der Waals surface area contributed by atoms with Crippen LogP contribution >= 0.6 is 0 Å². The number of nitrogens with zero attached hydrogens (tertiary/aromatic N) is 1. The molecule has 0 saturated carbocycles. The van der Waals surface area contributed by atoms with Crippen LogP contribution in [-0.2, 0) is 0 Å². The SMILES string of the molecule is CC(C)CC(C)N(C)CC(C)CCN. The van der Waals surface area contributed by atoms with Crippen molar-refractivity contribution in [3.8, 4) is 0 Å². The van der Waals surface area contributed by atoms with Crippen LogP contribution in [0.2, 0.25) is 0 Å². The maximum absolute atomic E-state index is 5.54. The minimum absolute atomic E-state index is 0.690. The molecule has 0 amide bonds. The van der Waals surface area contributed by atoms with Crippen LogP contribution in [0.1, 0.15) is 40.5 Å². The van der Waals surface area contributed by atoms with Crippen molar-refractivity contribution in [2.45, 2.75) is 46.6 Å². The lowest BCUT2D eigenvalue weighted by atomic mass is 10.0. The zero-order chi connectivity index (χ0) is 11.1. The van der Waals surface area contributed by atoms with E-state index >= 15 is 0 Å². The Hall–Kier alpha value is -0.0800. The first-order valence-corrected chi connectivity index (χ1v) is 5.87. The molecule has 0 fully saturated rings. The van der Waals surface area contributed by atoms with Gasteiger partial charge in [-0.3, -0.25) is 0 Å². The molecule has 2 N–H and O–H groups in total. The fourth-order valence-corrected chi connectivity index (χ4v) is 1.91. The van der Waals surface area contributed by atoms with Crippen molar-refractivity contribution < 1.29 is 0 Å². The van der Waals surface area contributed by atoms with Crippen LogP contribution in [0.5, 0.6) is 0 Å². The normalized spacial score (nSPS) is 16.3. The maximum atomic E-state index is 5.54. The van der Waals surface area contributed by atoms with Crippen molar-refractivity contribution in [1.29, 1.82) is 0 Å². The summed E-state index contributed by atoms with van der Waals surface area (Å²) in [5, 5.41) is 0. The molecule has 14 heavy (non-hydrogen) atoms. The molecule has 86 valence electrons. The van der Waals surface area contributed by atoms with Gasteiger partial charge < -0.3 is 10.6 Å². The molecular formula is C12H28N2. The molecule has 0 aromatic heterocycles. The van der Waals surface area contributed by atoms with Gasteiger partial charge in [0.2, 0.25) is 0 Å². The number of rotatable bonds is 7. The van der Waals surface area contributed by atoms with E-state index in [9.17, 15) is 0 Å². The van der Waals surface area contributed by atoms with Gasteiger partial charge in [-0.25, -0.2) is 0 Å². The molecule has 0 radical (unpaired) electrons. The van der Waals surface area contributed by atoms with Crippen LogP contribution in [0, 0.1) is 11.8 Å². The van der Waals surface area contributed by atoms with Gasteiger partial charge in [0.05, 0.1) is 0 Å². The highest BCUT2D eigenvalue weighted by molar-refractivity contribution is 4.68. The van der Waals surface area contributed by atoms with E-state index in [0.717, 1.165) is 24.8 Å². The van der Waals surface area contributed by atoms with Crippen molar-refractivity contribution in [3.05, 3.63) is 0 Å². The molecule has 0 saturated heterocycles. The molecule has 0 spiro atoms. The lowest BCUT2D eigenvalue weighted by Crippen LogP contribution is -2.34. The van der Waals surface area contributed by atoms with Gasteiger partial charge in [-0.15, -0.1) is 0 Å². The zero-order valence-corrected chi connectivity index (χ0v) is 10.6. The average molecular weight is 200 g/mol. The molecule has 0 aliphatic rings. The third-order valence-electron chi connectivity index (χ3n) is 2.82. The summed E-state index contributed by atoms with van der Waals surface area (Å²) in [4.78, 5) is 2.46. The van der Waals surface area contributed by atoms with Gasteiger partial charge in [0.25, 0.3) is 0 Å². The Labute approximate surface area is 89.9 Å². The minimum atomic E-state index is 0.690. The van der Waals surface area contributed by atoms with E-state index in [1.54, 1.807) is 0 Å². The van der Waals surface area contributed by atoms with Crippen molar-refractivity contribution in [2.75, 3.05) is 20.1 Å². The number of hydrogen-bond donors (Lipinski definition) is 1. The summed E-state index contributed by atoms with van der Waals surface area (Å²) >= 11 is 0. The van der Waals surface area contributed by atoms with Gasteiger partial charge in [-0.05, 0) is 45.2 Å². The predicted octanol–water partition coefficient (Wildman–Crippen LogP) is 2.34. The number of hydrogen-bond acceptors (Lipinski definition) is 2. The van der Waals surface area contributed by atoms with Crippen LogP contribution < -0.4 is 5.73 Å². The Kier molecular flexibility index (Phi) is 7.20. The van der Waals surface area contributed by atoms with Crippen molar-refractivity contribution in [1.82, 2.24) is 4.90 Å². The van der Waals surface area contributed by atoms with Crippen LogP contribution in [-0.4, -0.2) is 31.1 Å². The summed E-state index contributed by atoms with van der Waals surface area (Å²) in [6.07, 6.45) is 2.42. The van der Waals surface area contributed by atoms with Gasteiger partial charge in [-0.1, -0.05) is 20.8 Å². The van der Waals surface area contributed by atoms with Gasteiger partial charge in [0.1, 0.15) is 0 Å². The summed E-state index contributed by atoms with van der Waals surface area (Å²) < 4.78 is 0. The second kappa shape index (κ2) is 7.24. The topological polar surface area (TPSA) is 29.3 Å². The maximum Gasteiger partial charge on any atom is 0.00664 e. The fourth-order valence-electron chi connectivity index (χ4n) is 1.91. The molecule has 2 heteroatoms. The third kappa shape index (κ3) is 6.39. The molecule has 2 nitrogen and oxygen atoms in total. The summed E-state index contributed by atoms with van der Waals surface area (Å²) in [6.45, 7) is 11.2. The summed E-state index contributed by atoms with van der Waals surface area (Å²) in [5.41, 5.74) is 5.54. The third-order valence-corrected chi connectivity index (χ3v) is 2.82. The first kappa shape index (κ1) is 13.9. The van der Waals surface area contributed by atoms with Crippen LogP contribution in [0.25, 0.3) is 0 Å². The molecule has 2 atom stereocenters. The molecule has 0 bridgehead atoms. The van der Waals surface area contributed by atoms with E-state index < -0.39 is 0 Å².